The van der Waals surface area contributed by atoms with E-state index in [0.29, 0.717) is 0 Å². The van der Waals surface area contributed by atoms with Crippen molar-refractivity contribution in [1.82, 2.24) is 0 Å². The summed E-state index contributed by atoms with van der Waals surface area (Å²) in [6.45, 7) is -0.740. The first-order chi connectivity index (χ1) is 13.4. The molecule has 0 atom stereocenters. The van der Waals surface area contributed by atoms with Gasteiger partial charge in [-0.2, -0.15) is 83.4 Å². The molecular weight excluding hydrogens is 529 g/mol. The molecule has 0 aromatic heterocycles. The van der Waals surface area contributed by atoms with Gasteiger partial charge in [0.25, 0.3) is 0 Å². The Morgan fingerprint density at radius 1 is 0.344 bits per heavy atom. The van der Waals surface area contributed by atoms with Gasteiger partial charge in [0.1, 0.15) is 0 Å². The molecule has 0 amide bonds. The van der Waals surface area contributed by atoms with Crippen LogP contribution in [0.15, 0.2) is 0 Å². The van der Waals surface area contributed by atoms with Crippen molar-refractivity contribution in [3.8, 4) is 0 Å². The van der Waals surface area contributed by atoms with Crippen molar-refractivity contribution in [3.05, 3.63) is 0 Å². The molecule has 0 N–H and O–H groups in total. The van der Waals surface area contributed by atoms with Gasteiger partial charge in [-0.1, -0.05) is 0 Å². The van der Waals surface area contributed by atoms with E-state index in [1.165, 1.54) is 4.74 Å². The minimum atomic E-state index is -8.14. The summed E-state index contributed by atoms with van der Waals surface area (Å²) in [6.07, 6.45) is -50.8. The molecule has 0 saturated carbocycles. The van der Waals surface area contributed by atoms with Crippen LogP contribution < -0.4 is 0 Å². The van der Waals surface area contributed by atoms with Crippen molar-refractivity contribution in [1.29, 1.82) is 0 Å². The molecule has 0 radical (unpaired) electrons. The fourth-order valence-corrected chi connectivity index (χ4v) is 1.21. The Labute approximate surface area is 161 Å². The van der Waals surface area contributed by atoms with Crippen molar-refractivity contribution in [2.45, 2.75) is 61.6 Å². The Kier molecular flexibility index (Phi) is 7.45. The van der Waals surface area contributed by atoms with Gasteiger partial charge in [0.2, 0.25) is 0 Å². The molecule has 0 aliphatic heterocycles. The zero-order chi connectivity index (χ0) is 26.6. The zero-order valence-corrected chi connectivity index (χ0v) is 13.9. The lowest BCUT2D eigenvalue weighted by molar-refractivity contribution is -0.568. The molecule has 0 saturated heterocycles. The van der Waals surface area contributed by atoms with E-state index in [2.05, 4.69) is 0 Å². The van der Waals surface area contributed by atoms with Gasteiger partial charge in [0.05, 0.1) is 0 Å². The fourth-order valence-electron chi connectivity index (χ4n) is 1.21. The molecule has 0 fully saturated rings. The molecular formula is C10H3F19O3. The van der Waals surface area contributed by atoms with E-state index in [1.54, 1.807) is 0 Å². The van der Waals surface area contributed by atoms with Gasteiger partial charge in [0, 0.05) is 6.92 Å². The van der Waals surface area contributed by atoms with Crippen molar-refractivity contribution in [2.24, 2.45) is 0 Å². The molecule has 0 aromatic rings. The molecule has 0 rings (SSSR count). The molecule has 0 aliphatic rings. The van der Waals surface area contributed by atoms with Crippen molar-refractivity contribution < 1.29 is 97.6 Å². The van der Waals surface area contributed by atoms with Gasteiger partial charge in [0.15, 0.2) is 0 Å². The lowest BCUT2D eigenvalue weighted by Crippen LogP contribution is -2.65. The number of hydrogen-bond acceptors (Lipinski definition) is 3. The Morgan fingerprint density at radius 3 is 0.844 bits per heavy atom. The van der Waals surface area contributed by atoms with Gasteiger partial charge in [-0.3, -0.25) is 0 Å². The second kappa shape index (κ2) is 7.81. The first-order valence-corrected chi connectivity index (χ1v) is 6.57. The van der Waals surface area contributed by atoms with Gasteiger partial charge < -0.3 is 0 Å². The number of halogens is 19. The van der Waals surface area contributed by atoms with Crippen molar-refractivity contribution in [3.63, 3.8) is 0 Å². The smallest absolute Gasteiger partial charge is 0.248 e. The summed E-state index contributed by atoms with van der Waals surface area (Å²) < 4.78 is 243. The molecule has 0 aromatic carbocycles. The van der Waals surface area contributed by atoms with Crippen molar-refractivity contribution in [2.75, 3.05) is 0 Å². The first-order valence-electron chi connectivity index (χ1n) is 6.57. The van der Waals surface area contributed by atoms with Crippen LogP contribution in [0.4, 0.5) is 83.4 Å². The van der Waals surface area contributed by atoms with Crippen LogP contribution in [0.3, 0.4) is 0 Å². The molecule has 0 spiro atoms. The lowest BCUT2D eigenvalue weighted by atomic mass is 10.1. The monoisotopic (exact) mass is 532 g/mol. The fraction of sp³-hybridized carbons (Fsp3) is 1.00. The third-order valence-corrected chi connectivity index (χ3v) is 2.61. The minimum Gasteiger partial charge on any atom is -0.248 e. The normalized spacial score (nSPS) is 16.5. The second-order valence-corrected chi connectivity index (χ2v) is 5.34. The molecule has 0 aliphatic carbocycles. The highest BCUT2D eigenvalue weighted by atomic mass is 19.4. The Morgan fingerprint density at radius 2 is 0.594 bits per heavy atom. The van der Waals surface area contributed by atoms with E-state index >= 15 is 0 Å². The number of alkyl halides is 19. The van der Waals surface area contributed by atoms with Gasteiger partial charge in [-0.05, 0) is 0 Å². The van der Waals surface area contributed by atoms with Crippen LogP contribution in [0.1, 0.15) is 6.92 Å². The quantitative estimate of drug-likeness (QED) is 0.303. The summed E-state index contributed by atoms with van der Waals surface area (Å²) in [7, 11) is 0. The highest BCUT2D eigenvalue weighted by Gasteiger charge is 2.85. The predicted octanol–water partition coefficient (Wildman–Crippen LogP) is 6.45. The summed E-state index contributed by atoms with van der Waals surface area (Å²) in [5.41, 5.74) is 0. The minimum absolute atomic E-state index is 0.740. The standard InChI is InChI=1S/C10H3F19O3/c1-2(11,12)30-7(22,23)8(24,25)32-10(28,29)9(26,27)31-6(20,21)4(15,16)3(13,14)5(17,18)19/h1H3. The number of rotatable bonds is 10. The van der Waals surface area contributed by atoms with Crippen LogP contribution in [0.5, 0.6) is 0 Å². The third-order valence-electron chi connectivity index (χ3n) is 2.61. The van der Waals surface area contributed by atoms with Crippen LogP contribution in [-0.2, 0) is 14.2 Å². The SMILES string of the molecule is CC(F)(F)OC(F)(F)C(F)(F)OC(F)(F)C(F)(F)OC(F)(F)C(F)(F)C(F)(F)C(F)(F)F. The van der Waals surface area contributed by atoms with Crippen LogP contribution in [0.2, 0.25) is 0 Å². The summed E-state index contributed by atoms with van der Waals surface area (Å²) in [5.74, 6) is -16.1. The van der Waals surface area contributed by atoms with Crippen LogP contribution in [-0.4, -0.2) is 54.7 Å². The van der Waals surface area contributed by atoms with E-state index < -0.39 is 61.6 Å². The summed E-state index contributed by atoms with van der Waals surface area (Å²) >= 11 is 0. The highest BCUT2D eigenvalue weighted by Crippen LogP contribution is 2.56. The largest absolute Gasteiger partial charge is 0.460 e. The van der Waals surface area contributed by atoms with Gasteiger partial charge >= 0.3 is 54.7 Å². The van der Waals surface area contributed by atoms with Crippen LogP contribution in [0.25, 0.3) is 0 Å². The van der Waals surface area contributed by atoms with E-state index in [0.717, 1.165) is 4.74 Å². The maximum atomic E-state index is 13.0. The van der Waals surface area contributed by atoms with Gasteiger partial charge in [-0.15, -0.1) is 0 Å². The highest BCUT2D eigenvalue weighted by molar-refractivity contribution is 4.97. The van der Waals surface area contributed by atoms with E-state index in [4.69, 9.17) is 0 Å². The van der Waals surface area contributed by atoms with E-state index in [-0.39, 0.29) is 0 Å². The molecule has 194 valence electrons. The number of ether oxygens (including phenoxy) is 3. The van der Waals surface area contributed by atoms with E-state index in [9.17, 15) is 83.4 Å². The lowest BCUT2D eigenvalue weighted by Gasteiger charge is -2.37. The van der Waals surface area contributed by atoms with Crippen LogP contribution in [0, 0.1) is 0 Å². The first kappa shape index (κ1) is 30.6. The van der Waals surface area contributed by atoms with Gasteiger partial charge in [-0.25, -0.2) is 14.2 Å². The second-order valence-electron chi connectivity index (χ2n) is 5.34. The average molecular weight is 532 g/mol. The average Bonchev–Trinajstić information content (AvgIpc) is 2.39. The van der Waals surface area contributed by atoms with Crippen LogP contribution >= 0.6 is 0 Å². The maximum absolute atomic E-state index is 13.0. The summed E-state index contributed by atoms with van der Waals surface area (Å²) in [6, 6.07) is 0. The van der Waals surface area contributed by atoms with Crippen molar-refractivity contribution >= 4 is 0 Å². The molecule has 3 nitrogen and oxygen atoms in total. The molecule has 0 bridgehead atoms. The Bertz CT molecular complexity index is 659. The molecule has 0 heterocycles. The molecule has 32 heavy (non-hydrogen) atoms. The third kappa shape index (κ3) is 5.72. The number of hydrogen-bond donors (Lipinski definition) is 0. The summed E-state index contributed by atoms with van der Waals surface area (Å²) in [5, 5.41) is 0. The maximum Gasteiger partial charge on any atom is 0.460 e. The molecule has 0 unspecified atom stereocenters. The Hall–Kier alpha value is -1.45. The van der Waals surface area contributed by atoms with E-state index in [1.807, 2.05) is 4.74 Å². The topological polar surface area (TPSA) is 27.7 Å². The predicted molar refractivity (Wildman–Crippen MR) is 54.6 cm³/mol. The molecule has 22 heteroatoms. The summed E-state index contributed by atoms with van der Waals surface area (Å²) in [4.78, 5) is 0. The zero-order valence-electron chi connectivity index (χ0n) is 13.9. The Balaban J connectivity index is 6.05.